The summed E-state index contributed by atoms with van der Waals surface area (Å²) in [5.74, 6) is 1.73. The summed E-state index contributed by atoms with van der Waals surface area (Å²) in [6.45, 7) is 6.06. The fourth-order valence-electron chi connectivity index (χ4n) is 2.19. The van der Waals surface area contributed by atoms with Gasteiger partial charge in [-0.15, -0.1) is 11.3 Å². The molecule has 0 aliphatic heterocycles. The lowest BCUT2D eigenvalue weighted by Gasteiger charge is -2.22. The van der Waals surface area contributed by atoms with Crippen molar-refractivity contribution in [1.29, 1.82) is 0 Å². The molecular weight excluding hydrogens is 268 g/mol. The number of rotatable bonds is 6. The first-order valence-corrected chi connectivity index (χ1v) is 8.24. The van der Waals surface area contributed by atoms with Gasteiger partial charge in [0.05, 0.1) is 12.6 Å². The summed E-state index contributed by atoms with van der Waals surface area (Å²) >= 11 is 1.80. The van der Waals surface area contributed by atoms with Gasteiger partial charge in [0.25, 0.3) is 0 Å². The number of guanidine groups is 1. The fraction of sp³-hybridized carbons (Fsp3) is 0.667. The molecule has 3 unspecified atom stereocenters. The molecule has 1 aliphatic carbocycles. The van der Waals surface area contributed by atoms with E-state index in [0.29, 0.717) is 12.1 Å². The van der Waals surface area contributed by atoms with Gasteiger partial charge in [-0.2, -0.15) is 0 Å². The smallest absolute Gasteiger partial charge is 0.191 e. The zero-order valence-corrected chi connectivity index (χ0v) is 13.7. The van der Waals surface area contributed by atoms with Gasteiger partial charge in [-0.1, -0.05) is 13.0 Å². The van der Waals surface area contributed by atoms with Gasteiger partial charge in [-0.3, -0.25) is 4.99 Å². The molecule has 112 valence electrons. The van der Waals surface area contributed by atoms with Gasteiger partial charge < -0.3 is 15.5 Å². The standard InChI is InChI=1S/C15H26N4S/c1-5-16-15(18-12-9-11(12)2)17-10-13(19(3)4)14-7-6-8-20-14/h6-8,11-13H,5,9-10H2,1-4H3,(H2,16,17,18). The molecule has 0 saturated heterocycles. The minimum atomic E-state index is 0.349. The lowest BCUT2D eigenvalue weighted by molar-refractivity contribution is 0.310. The average Bonchev–Trinajstić information content (AvgIpc) is 2.89. The molecule has 2 N–H and O–H groups in total. The Morgan fingerprint density at radius 2 is 2.30 bits per heavy atom. The molecule has 5 heteroatoms. The van der Waals surface area contributed by atoms with Gasteiger partial charge in [-0.05, 0) is 44.8 Å². The van der Waals surface area contributed by atoms with E-state index in [1.54, 1.807) is 11.3 Å². The molecule has 1 aromatic heterocycles. The zero-order valence-electron chi connectivity index (χ0n) is 12.9. The Balaban J connectivity index is 1.98. The van der Waals surface area contributed by atoms with Crippen LogP contribution in [0.4, 0.5) is 0 Å². The van der Waals surface area contributed by atoms with Gasteiger partial charge in [0.15, 0.2) is 5.96 Å². The third kappa shape index (κ3) is 4.21. The van der Waals surface area contributed by atoms with E-state index in [1.807, 2.05) is 0 Å². The minimum Gasteiger partial charge on any atom is -0.357 e. The highest BCUT2D eigenvalue weighted by atomic mass is 32.1. The molecule has 0 spiro atoms. The molecule has 4 nitrogen and oxygen atoms in total. The Morgan fingerprint density at radius 3 is 2.80 bits per heavy atom. The number of thiophene rings is 1. The SMILES string of the molecule is CCNC(=NCC(c1cccs1)N(C)C)NC1CC1C. The van der Waals surface area contributed by atoms with Crippen LogP contribution in [-0.2, 0) is 0 Å². The van der Waals surface area contributed by atoms with E-state index in [2.05, 4.69) is 61.0 Å². The molecule has 0 amide bonds. The third-order valence-electron chi connectivity index (χ3n) is 3.69. The third-order valence-corrected chi connectivity index (χ3v) is 4.67. The highest BCUT2D eigenvalue weighted by Crippen LogP contribution is 2.29. The van der Waals surface area contributed by atoms with Crippen LogP contribution in [0.3, 0.4) is 0 Å². The largest absolute Gasteiger partial charge is 0.357 e. The van der Waals surface area contributed by atoms with Crippen molar-refractivity contribution < 1.29 is 0 Å². The summed E-state index contributed by atoms with van der Waals surface area (Å²) in [5.41, 5.74) is 0. The number of aliphatic imine (C=N–C) groups is 1. The Kier molecular flexibility index (Phi) is 5.43. The Bertz CT molecular complexity index is 427. The summed E-state index contributed by atoms with van der Waals surface area (Å²) in [7, 11) is 4.23. The van der Waals surface area contributed by atoms with Crippen molar-refractivity contribution >= 4 is 17.3 Å². The predicted octanol–water partition coefficient (Wildman–Crippen LogP) is 2.31. The van der Waals surface area contributed by atoms with Gasteiger partial charge in [0.2, 0.25) is 0 Å². The van der Waals surface area contributed by atoms with Crippen LogP contribution >= 0.6 is 11.3 Å². The molecular formula is C15H26N4S. The van der Waals surface area contributed by atoms with E-state index in [0.717, 1.165) is 25.0 Å². The maximum Gasteiger partial charge on any atom is 0.191 e. The maximum atomic E-state index is 4.77. The Hall–Kier alpha value is -1.07. The normalized spacial score (nSPS) is 23.8. The van der Waals surface area contributed by atoms with Crippen molar-refractivity contribution in [1.82, 2.24) is 15.5 Å². The van der Waals surface area contributed by atoms with Crippen molar-refractivity contribution in [2.45, 2.75) is 32.4 Å². The quantitative estimate of drug-likeness (QED) is 0.625. The van der Waals surface area contributed by atoms with Crippen LogP contribution in [0.5, 0.6) is 0 Å². The first kappa shape index (κ1) is 15.3. The van der Waals surface area contributed by atoms with E-state index >= 15 is 0 Å². The number of hydrogen-bond donors (Lipinski definition) is 2. The summed E-state index contributed by atoms with van der Waals surface area (Å²) < 4.78 is 0. The molecule has 1 aromatic rings. The van der Waals surface area contributed by atoms with Crippen molar-refractivity contribution in [2.75, 3.05) is 27.2 Å². The summed E-state index contributed by atoms with van der Waals surface area (Å²) in [6, 6.07) is 5.25. The first-order valence-electron chi connectivity index (χ1n) is 7.36. The second-order valence-electron chi connectivity index (χ2n) is 5.68. The monoisotopic (exact) mass is 294 g/mol. The average molecular weight is 294 g/mol. The highest BCUT2D eigenvalue weighted by molar-refractivity contribution is 7.10. The molecule has 0 radical (unpaired) electrons. The number of likely N-dealkylation sites (N-methyl/N-ethyl adjacent to an activating group) is 1. The summed E-state index contributed by atoms with van der Waals surface area (Å²) in [4.78, 5) is 8.37. The second kappa shape index (κ2) is 7.09. The van der Waals surface area contributed by atoms with E-state index in [1.165, 1.54) is 11.3 Å². The van der Waals surface area contributed by atoms with Crippen LogP contribution in [0, 0.1) is 5.92 Å². The fourth-order valence-corrected chi connectivity index (χ4v) is 3.10. The van der Waals surface area contributed by atoms with E-state index in [-0.39, 0.29) is 0 Å². The predicted molar refractivity (Wildman–Crippen MR) is 87.4 cm³/mol. The van der Waals surface area contributed by atoms with Gasteiger partial charge in [0.1, 0.15) is 0 Å². The number of nitrogens with zero attached hydrogens (tertiary/aromatic N) is 2. The molecule has 1 saturated carbocycles. The lowest BCUT2D eigenvalue weighted by atomic mass is 10.2. The molecule has 3 atom stereocenters. The maximum absolute atomic E-state index is 4.77. The molecule has 0 bridgehead atoms. The van der Waals surface area contributed by atoms with Gasteiger partial charge >= 0.3 is 0 Å². The Labute approximate surface area is 126 Å². The molecule has 20 heavy (non-hydrogen) atoms. The van der Waals surface area contributed by atoms with Gasteiger partial charge in [0, 0.05) is 17.5 Å². The second-order valence-corrected chi connectivity index (χ2v) is 6.66. The van der Waals surface area contributed by atoms with E-state index < -0.39 is 0 Å². The van der Waals surface area contributed by atoms with Crippen molar-refractivity contribution in [2.24, 2.45) is 10.9 Å². The number of hydrogen-bond acceptors (Lipinski definition) is 3. The lowest BCUT2D eigenvalue weighted by Crippen LogP contribution is -2.39. The topological polar surface area (TPSA) is 39.7 Å². The molecule has 1 fully saturated rings. The van der Waals surface area contributed by atoms with Crippen LogP contribution in [0.2, 0.25) is 0 Å². The van der Waals surface area contributed by atoms with E-state index in [4.69, 9.17) is 4.99 Å². The van der Waals surface area contributed by atoms with Crippen LogP contribution < -0.4 is 10.6 Å². The summed E-state index contributed by atoms with van der Waals surface area (Å²) in [5, 5.41) is 8.97. The van der Waals surface area contributed by atoms with Crippen molar-refractivity contribution in [3.05, 3.63) is 22.4 Å². The van der Waals surface area contributed by atoms with Crippen LogP contribution in [0.1, 0.15) is 31.2 Å². The van der Waals surface area contributed by atoms with E-state index in [9.17, 15) is 0 Å². The number of nitrogens with one attached hydrogen (secondary N) is 2. The van der Waals surface area contributed by atoms with Crippen LogP contribution in [0.25, 0.3) is 0 Å². The molecule has 2 rings (SSSR count). The van der Waals surface area contributed by atoms with Crippen LogP contribution in [-0.4, -0.2) is 44.1 Å². The molecule has 1 aliphatic rings. The van der Waals surface area contributed by atoms with Crippen molar-refractivity contribution in [3.8, 4) is 0 Å². The van der Waals surface area contributed by atoms with Gasteiger partial charge in [-0.25, -0.2) is 0 Å². The van der Waals surface area contributed by atoms with Crippen LogP contribution in [0.15, 0.2) is 22.5 Å². The van der Waals surface area contributed by atoms with Crippen molar-refractivity contribution in [3.63, 3.8) is 0 Å². The highest BCUT2D eigenvalue weighted by Gasteiger charge is 2.33. The Morgan fingerprint density at radius 1 is 1.55 bits per heavy atom. The minimum absolute atomic E-state index is 0.349. The first-order chi connectivity index (χ1) is 9.61. The molecule has 1 heterocycles. The molecule has 0 aromatic carbocycles. The zero-order chi connectivity index (χ0) is 14.5. The summed E-state index contributed by atoms with van der Waals surface area (Å²) in [6.07, 6.45) is 1.26.